The first-order valence-corrected chi connectivity index (χ1v) is 3.01. The van der Waals surface area contributed by atoms with Crippen molar-refractivity contribution in [3.63, 3.8) is 0 Å². The summed E-state index contributed by atoms with van der Waals surface area (Å²) in [7, 11) is 0. The van der Waals surface area contributed by atoms with Gasteiger partial charge in [0, 0.05) is 13.1 Å². The average Bonchev–Trinajstić information content (AvgIpc) is 2.03. The predicted octanol–water partition coefficient (Wildman–Crippen LogP) is -0.758. The third-order valence-corrected chi connectivity index (χ3v) is 0.910. The van der Waals surface area contributed by atoms with Gasteiger partial charge in [-0.3, -0.25) is 0 Å². The number of hydrogen-bond donors (Lipinski definition) is 2. The van der Waals surface area contributed by atoms with Crippen LogP contribution in [0.2, 0.25) is 0 Å². The molecule has 0 unspecified atom stereocenters. The molecule has 5 heteroatoms. The highest BCUT2D eigenvalue weighted by Crippen LogP contribution is 1.88. The zero-order valence-corrected chi connectivity index (χ0v) is 5.49. The average molecular weight is 139 g/mol. The molecular formula is C5H9N5. The molecule has 1 aromatic rings. The van der Waals surface area contributed by atoms with Crippen molar-refractivity contribution >= 4 is 5.95 Å². The maximum Gasteiger partial charge on any atom is 0.242 e. The third kappa shape index (κ3) is 1.94. The van der Waals surface area contributed by atoms with Crippen LogP contribution in [-0.2, 0) is 0 Å². The van der Waals surface area contributed by atoms with Gasteiger partial charge in [-0.05, 0) is 0 Å². The van der Waals surface area contributed by atoms with E-state index < -0.39 is 0 Å². The largest absolute Gasteiger partial charge is 0.352 e. The summed E-state index contributed by atoms with van der Waals surface area (Å²) in [4.78, 5) is 3.88. The van der Waals surface area contributed by atoms with Gasteiger partial charge in [-0.25, -0.2) is 4.98 Å². The van der Waals surface area contributed by atoms with Crippen LogP contribution in [0.5, 0.6) is 0 Å². The Morgan fingerprint density at radius 2 is 2.40 bits per heavy atom. The second-order valence-corrected chi connectivity index (χ2v) is 1.68. The van der Waals surface area contributed by atoms with Crippen LogP contribution in [0.25, 0.3) is 0 Å². The molecule has 0 fully saturated rings. The lowest BCUT2D eigenvalue weighted by Crippen LogP contribution is -2.14. The highest BCUT2D eigenvalue weighted by atomic mass is 15.2. The standard InChI is InChI=1S/C5H9N5/c6-1-2-7-5-8-3-4-9-10-5/h3-4H,1-2,6H2,(H,7,8,10). The molecule has 0 radical (unpaired) electrons. The second-order valence-electron chi connectivity index (χ2n) is 1.68. The number of nitrogens with one attached hydrogen (secondary N) is 1. The van der Waals surface area contributed by atoms with Crippen LogP contribution in [0.4, 0.5) is 5.95 Å². The smallest absolute Gasteiger partial charge is 0.242 e. The zero-order chi connectivity index (χ0) is 7.23. The highest BCUT2D eigenvalue weighted by Gasteiger charge is 1.88. The number of nitrogens with zero attached hydrogens (tertiary/aromatic N) is 3. The van der Waals surface area contributed by atoms with Crippen molar-refractivity contribution in [1.82, 2.24) is 15.2 Å². The van der Waals surface area contributed by atoms with Gasteiger partial charge < -0.3 is 11.1 Å². The maximum atomic E-state index is 5.24. The molecule has 0 aromatic carbocycles. The molecule has 0 aliphatic heterocycles. The molecule has 0 aliphatic carbocycles. The van der Waals surface area contributed by atoms with E-state index in [1.807, 2.05) is 0 Å². The van der Waals surface area contributed by atoms with Crippen molar-refractivity contribution in [3.8, 4) is 0 Å². The van der Waals surface area contributed by atoms with Gasteiger partial charge in [0.05, 0.1) is 12.4 Å². The number of anilines is 1. The minimum atomic E-state index is 0.521. The van der Waals surface area contributed by atoms with Crippen LogP contribution < -0.4 is 11.1 Å². The Morgan fingerprint density at radius 3 is 3.00 bits per heavy atom. The summed E-state index contributed by atoms with van der Waals surface area (Å²) in [5.74, 6) is 0.521. The molecule has 1 rings (SSSR count). The van der Waals surface area contributed by atoms with Crippen LogP contribution in [0.1, 0.15) is 0 Å². The Kier molecular flexibility index (Phi) is 2.57. The molecule has 0 bridgehead atoms. The number of hydrogen-bond acceptors (Lipinski definition) is 5. The predicted molar refractivity (Wildman–Crippen MR) is 37.4 cm³/mol. The number of rotatable bonds is 3. The van der Waals surface area contributed by atoms with E-state index in [9.17, 15) is 0 Å². The molecule has 0 saturated heterocycles. The van der Waals surface area contributed by atoms with Crippen molar-refractivity contribution in [2.24, 2.45) is 5.73 Å². The van der Waals surface area contributed by atoms with E-state index in [0.29, 0.717) is 19.0 Å². The minimum absolute atomic E-state index is 0.521. The van der Waals surface area contributed by atoms with Crippen LogP contribution in [0, 0.1) is 0 Å². The topological polar surface area (TPSA) is 76.7 Å². The van der Waals surface area contributed by atoms with Gasteiger partial charge in [0.1, 0.15) is 0 Å². The van der Waals surface area contributed by atoms with E-state index >= 15 is 0 Å². The normalized spacial score (nSPS) is 9.30. The summed E-state index contributed by atoms with van der Waals surface area (Å²) in [5.41, 5.74) is 5.24. The summed E-state index contributed by atoms with van der Waals surface area (Å²) in [6.45, 7) is 1.24. The summed E-state index contributed by atoms with van der Waals surface area (Å²) in [5, 5.41) is 10.2. The van der Waals surface area contributed by atoms with Crippen molar-refractivity contribution in [2.75, 3.05) is 18.4 Å². The van der Waals surface area contributed by atoms with Gasteiger partial charge in [0.25, 0.3) is 0 Å². The fourth-order valence-corrected chi connectivity index (χ4v) is 0.513. The Bertz CT molecular complexity index is 175. The lowest BCUT2D eigenvalue weighted by atomic mass is 10.6. The Hall–Kier alpha value is -1.23. The third-order valence-electron chi connectivity index (χ3n) is 0.910. The summed E-state index contributed by atoms with van der Waals surface area (Å²) >= 11 is 0. The lowest BCUT2D eigenvalue weighted by Gasteiger charge is -1.98. The molecule has 0 aliphatic rings. The second kappa shape index (κ2) is 3.73. The lowest BCUT2D eigenvalue weighted by molar-refractivity contribution is 0.929. The first-order chi connectivity index (χ1) is 4.93. The van der Waals surface area contributed by atoms with Crippen LogP contribution >= 0.6 is 0 Å². The molecule has 54 valence electrons. The van der Waals surface area contributed by atoms with Crippen molar-refractivity contribution < 1.29 is 0 Å². The van der Waals surface area contributed by atoms with Crippen LogP contribution in [0.15, 0.2) is 12.4 Å². The first kappa shape index (κ1) is 6.88. The monoisotopic (exact) mass is 139 g/mol. The molecule has 5 nitrogen and oxygen atoms in total. The summed E-state index contributed by atoms with van der Waals surface area (Å²) < 4.78 is 0. The molecule has 0 spiro atoms. The van der Waals surface area contributed by atoms with Crippen molar-refractivity contribution in [2.45, 2.75) is 0 Å². The zero-order valence-electron chi connectivity index (χ0n) is 5.49. The van der Waals surface area contributed by atoms with E-state index in [2.05, 4.69) is 20.5 Å². The van der Waals surface area contributed by atoms with Crippen molar-refractivity contribution in [1.29, 1.82) is 0 Å². The molecule has 10 heavy (non-hydrogen) atoms. The minimum Gasteiger partial charge on any atom is -0.352 e. The van der Waals surface area contributed by atoms with E-state index in [1.54, 1.807) is 6.20 Å². The Balaban J connectivity index is 2.43. The van der Waals surface area contributed by atoms with Gasteiger partial charge in [-0.15, -0.1) is 5.10 Å². The fraction of sp³-hybridized carbons (Fsp3) is 0.400. The number of aromatic nitrogens is 3. The first-order valence-electron chi connectivity index (χ1n) is 3.01. The molecule has 0 saturated carbocycles. The van der Waals surface area contributed by atoms with E-state index in [-0.39, 0.29) is 0 Å². The Morgan fingerprint density at radius 1 is 1.50 bits per heavy atom. The van der Waals surface area contributed by atoms with Crippen molar-refractivity contribution in [3.05, 3.63) is 12.4 Å². The van der Waals surface area contributed by atoms with Gasteiger partial charge >= 0.3 is 0 Å². The van der Waals surface area contributed by atoms with E-state index in [0.717, 1.165) is 0 Å². The van der Waals surface area contributed by atoms with Gasteiger partial charge in [-0.2, -0.15) is 5.10 Å². The Labute approximate surface area is 58.7 Å². The van der Waals surface area contributed by atoms with E-state index in [4.69, 9.17) is 5.73 Å². The van der Waals surface area contributed by atoms with Gasteiger partial charge in [-0.1, -0.05) is 0 Å². The quantitative estimate of drug-likeness (QED) is 0.575. The molecule has 1 heterocycles. The summed E-state index contributed by atoms with van der Waals surface area (Å²) in [6.07, 6.45) is 3.10. The highest BCUT2D eigenvalue weighted by molar-refractivity contribution is 5.19. The van der Waals surface area contributed by atoms with E-state index in [1.165, 1.54) is 6.20 Å². The maximum absolute atomic E-state index is 5.24. The fourth-order valence-electron chi connectivity index (χ4n) is 0.513. The molecular weight excluding hydrogens is 130 g/mol. The van der Waals surface area contributed by atoms with Gasteiger partial charge in [0.2, 0.25) is 5.95 Å². The number of nitrogens with two attached hydrogens (primary N) is 1. The molecule has 0 atom stereocenters. The molecule has 0 amide bonds. The molecule has 1 aromatic heterocycles. The van der Waals surface area contributed by atoms with Gasteiger partial charge in [0.15, 0.2) is 0 Å². The van der Waals surface area contributed by atoms with Crippen LogP contribution in [-0.4, -0.2) is 28.3 Å². The van der Waals surface area contributed by atoms with Crippen LogP contribution in [0.3, 0.4) is 0 Å². The SMILES string of the molecule is NCCNc1nccnn1. The summed E-state index contributed by atoms with van der Waals surface area (Å²) in [6, 6.07) is 0. The molecule has 3 N–H and O–H groups in total.